The summed E-state index contributed by atoms with van der Waals surface area (Å²) in [5.74, 6) is 2.80. The molecule has 1 saturated carbocycles. The summed E-state index contributed by atoms with van der Waals surface area (Å²) in [5.41, 5.74) is 0. The van der Waals surface area contributed by atoms with E-state index in [4.69, 9.17) is 0 Å². The molecular formula is C12H16N4O. The van der Waals surface area contributed by atoms with Crippen molar-refractivity contribution in [1.82, 2.24) is 9.97 Å². The summed E-state index contributed by atoms with van der Waals surface area (Å²) in [6.07, 6.45) is 3.08. The molecule has 0 atom stereocenters. The van der Waals surface area contributed by atoms with Crippen molar-refractivity contribution >= 4 is 17.4 Å². The number of nitrogens with one attached hydrogen (secondary N) is 1. The molecule has 1 aliphatic heterocycles. The Morgan fingerprint density at radius 2 is 2.24 bits per heavy atom. The summed E-state index contributed by atoms with van der Waals surface area (Å²) in [7, 11) is 0. The molecule has 5 nitrogen and oxygen atoms in total. The standard InChI is InChI=1S/C12H16N4O/c1-8-13-11(15-9-2-3-9)6-12(14-8)16-5-4-10(17)7-16/h6,9H,2-5,7H2,1H3,(H,13,14,15). The van der Waals surface area contributed by atoms with Crippen LogP contribution >= 0.6 is 0 Å². The van der Waals surface area contributed by atoms with Crippen molar-refractivity contribution < 1.29 is 4.79 Å². The van der Waals surface area contributed by atoms with Crippen LogP contribution in [0.4, 0.5) is 11.6 Å². The third kappa shape index (κ3) is 2.38. The molecule has 2 aliphatic rings. The molecule has 0 aromatic carbocycles. The van der Waals surface area contributed by atoms with Gasteiger partial charge in [0.1, 0.15) is 17.5 Å². The first-order chi connectivity index (χ1) is 8.20. The van der Waals surface area contributed by atoms with Gasteiger partial charge in [-0.15, -0.1) is 0 Å². The number of carbonyl (C=O) groups excluding carboxylic acids is 1. The lowest BCUT2D eigenvalue weighted by Gasteiger charge is -2.16. The Bertz CT molecular complexity index is 456. The average Bonchev–Trinajstić information content (AvgIpc) is 2.97. The zero-order valence-corrected chi connectivity index (χ0v) is 9.94. The number of ketones is 1. The fourth-order valence-electron chi connectivity index (χ4n) is 2.05. The van der Waals surface area contributed by atoms with Gasteiger partial charge >= 0.3 is 0 Å². The highest BCUT2D eigenvalue weighted by atomic mass is 16.1. The molecule has 0 spiro atoms. The Morgan fingerprint density at radius 1 is 1.41 bits per heavy atom. The molecule has 1 N–H and O–H groups in total. The van der Waals surface area contributed by atoms with Gasteiger partial charge in [0.25, 0.3) is 0 Å². The predicted octanol–water partition coefficient (Wildman–Crippen LogP) is 1.14. The van der Waals surface area contributed by atoms with E-state index in [1.165, 1.54) is 12.8 Å². The molecule has 3 rings (SSSR count). The minimum atomic E-state index is 0.290. The first-order valence-corrected chi connectivity index (χ1v) is 6.09. The monoisotopic (exact) mass is 232 g/mol. The molecule has 1 saturated heterocycles. The summed E-state index contributed by atoms with van der Waals surface area (Å²) < 4.78 is 0. The van der Waals surface area contributed by atoms with Gasteiger partial charge in [0.15, 0.2) is 5.78 Å². The quantitative estimate of drug-likeness (QED) is 0.846. The zero-order valence-electron chi connectivity index (χ0n) is 9.94. The molecule has 2 heterocycles. The third-order valence-corrected chi connectivity index (χ3v) is 3.11. The van der Waals surface area contributed by atoms with Crippen LogP contribution in [-0.2, 0) is 4.79 Å². The summed E-state index contributed by atoms with van der Waals surface area (Å²) in [4.78, 5) is 22.1. The maximum Gasteiger partial charge on any atom is 0.153 e. The number of aryl methyl sites for hydroxylation is 1. The van der Waals surface area contributed by atoms with Crippen LogP contribution in [0.1, 0.15) is 25.1 Å². The summed E-state index contributed by atoms with van der Waals surface area (Å²) >= 11 is 0. The van der Waals surface area contributed by atoms with Crippen LogP contribution in [0.25, 0.3) is 0 Å². The van der Waals surface area contributed by atoms with Crippen LogP contribution in [-0.4, -0.2) is 34.9 Å². The van der Waals surface area contributed by atoms with Gasteiger partial charge in [-0.05, 0) is 19.8 Å². The highest BCUT2D eigenvalue weighted by molar-refractivity contribution is 5.86. The number of rotatable bonds is 3. The van der Waals surface area contributed by atoms with Crippen molar-refractivity contribution in [2.24, 2.45) is 0 Å². The van der Waals surface area contributed by atoms with Crippen molar-refractivity contribution in [2.75, 3.05) is 23.3 Å². The van der Waals surface area contributed by atoms with E-state index in [-0.39, 0.29) is 5.78 Å². The summed E-state index contributed by atoms with van der Waals surface area (Å²) in [5, 5.41) is 3.37. The van der Waals surface area contributed by atoms with E-state index in [9.17, 15) is 4.79 Å². The summed E-state index contributed by atoms with van der Waals surface area (Å²) in [6, 6.07) is 2.53. The Morgan fingerprint density at radius 3 is 2.88 bits per heavy atom. The lowest BCUT2D eigenvalue weighted by atomic mass is 10.4. The van der Waals surface area contributed by atoms with Gasteiger partial charge in [0.2, 0.25) is 0 Å². The van der Waals surface area contributed by atoms with E-state index in [1.54, 1.807) is 0 Å². The normalized spacial score (nSPS) is 19.8. The third-order valence-electron chi connectivity index (χ3n) is 3.11. The first kappa shape index (κ1) is 10.5. The molecule has 0 bridgehead atoms. The van der Waals surface area contributed by atoms with Gasteiger partial charge in [0, 0.05) is 25.1 Å². The van der Waals surface area contributed by atoms with E-state index in [0.717, 1.165) is 24.0 Å². The SMILES string of the molecule is Cc1nc(NC2CC2)cc(N2CCC(=O)C2)n1. The van der Waals surface area contributed by atoms with Crippen molar-refractivity contribution in [2.45, 2.75) is 32.2 Å². The molecule has 0 amide bonds. The minimum absolute atomic E-state index is 0.290. The zero-order chi connectivity index (χ0) is 11.8. The van der Waals surface area contributed by atoms with Gasteiger partial charge < -0.3 is 10.2 Å². The minimum Gasteiger partial charge on any atom is -0.367 e. The maximum atomic E-state index is 11.3. The smallest absolute Gasteiger partial charge is 0.153 e. The molecule has 0 radical (unpaired) electrons. The molecular weight excluding hydrogens is 216 g/mol. The van der Waals surface area contributed by atoms with Gasteiger partial charge in [0.05, 0.1) is 6.54 Å². The molecule has 0 unspecified atom stereocenters. The van der Waals surface area contributed by atoms with Gasteiger partial charge in [-0.25, -0.2) is 9.97 Å². The van der Waals surface area contributed by atoms with E-state index in [1.807, 2.05) is 17.9 Å². The Labute approximate surface area is 100 Å². The number of nitrogens with zero attached hydrogens (tertiary/aromatic N) is 3. The van der Waals surface area contributed by atoms with E-state index >= 15 is 0 Å². The van der Waals surface area contributed by atoms with Crippen molar-refractivity contribution in [3.63, 3.8) is 0 Å². The van der Waals surface area contributed by atoms with Gasteiger partial charge in [-0.1, -0.05) is 0 Å². The number of Topliss-reactive ketones (excluding diaryl/α,β-unsaturated/α-hetero) is 1. The number of hydrogen-bond acceptors (Lipinski definition) is 5. The fraction of sp³-hybridized carbons (Fsp3) is 0.583. The van der Waals surface area contributed by atoms with Gasteiger partial charge in [-0.2, -0.15) is 0 Å². The molecule has 5 heteroatoms. The van der Waals surface area contributed by atoms with Crippen LogP contribution in [0.15, 0.2) is 6.07 Å². The van der Waals surface area contributed by atoms with Crippen LogP contribution in [0.5, 0.6) is 0 Å². The van der Waals surface area contributed by atoms with Crippen molar-refractivity contribution in [3.8, 4) is 0 Å². The molecule has 1 aliphatic carbocycles. The second-order valence-electron chi connectivity index (χ2n) is 4.79. The number of carbonyl (C=O) groups is 1. The largest absolute Gasteiger partial charge is 0.367 e. The molecule has 17 heavy (non-hydrogen) atoms. The average molecular weight is 232 g/mol. The Hall–Kier alpha value is -1.65. The van der Waals surface area contributed by atoms with Crippen molar-refractivity contribution in [3.05, 3.63) is 11.9 Å². The second-order valence-corrected chi connectivity index (χ2v) is 4.79. The number of aromatic nitrogens is 2. The van der Waals surface area contributed by atoms with Crippen LogP contribution in [0.2, 0.25) is 0 Å². The van der Waals surface area contributed by atoms with Crippen LogP contribution in [0.3, 0.4) is 0 Å². The molecule has 2 fully saturated rings. The number of anilines is 2. The highest BCUT2D eigenvalue weighted by Crippen LogP contribution is 2.26. The molecule has 90 valence electrons. The van der Waals surface area contributed by atoms with Crippen LogP contribution < -0.4 is 10.2 Å². The lowest BCUT2D eigenvalue weighted by Crippen LogP contribution is -2.21. The maximum absolute atomic E-state index is 11.3. The van der Waals surface area contributed by atoms with E-state index in [0.29, 0.717) is 19.0 Å². The Kier molecular flexibility index (Phi) is 2.46. The molecule has 1 aromatic heterocycles. The van der Waals surface area contributed by atoms with Gasteiger partial charge in [-0.3, -0.25) is 4.79 Å². The number of hydrogen-bond donors (Lipinski definition) is 1. The molecule has 1 aromatic rings. The van der Waals surface area contributed by atoms with E-state index in [2.05, 4.69) is 15.3 Å². The fourth-order valence-corrected chi connectivity index (χ4v) is 2.05. The predicted molar refractivity (Wildman–Crippen MR) is 65.3 cm³/mol. The first-order valence-electron chi connectivity index (χ1n) is 6.09. The Balaban J connectivity index is 1.82. The summed E-state index contributed by atoms with van der Waals surface area (Å²) in [6.45, 7) is 3.15. The lowest BCUT2D eigenvalue weighted by molar-refractivity contribution is -0.116. The second kappa shape index (κ2) is 3.98. The van der Waals surface area contributed by atoms with Crippen molar-refractivity contribution in [1.29, 1.82) is 0 Å². The van der Waals surface area contributed by atoms with E-state index < -0.39 is 0 Å². The highest BCUT2D eigenvalue weighted by Gasteiger charge is 2.24. The van der Waals surface area contributed by atoms with Crippen LogP contribution in [0, 0.1) is 6.92 Å². The topological polar surface area (TPSA) is 58.1 Å².